The molecule has 0 saturated carbocycles. The van der Waals surface area contributed by atoms with Gasteiger partial charge in [0.25, 0.3) is 5.91 Å². The van der Waals surface area contributed by atoms with Crippen LogP contribution in [0.5, 0.6) is 5.75 Å². The molecule has 150 valence electrons. The molecule has 0 aliphatic rings. The molecule has 0 unspecified atom stereocenters. The predicted molar refractivity (Wildman–Crippen MR) is 116 cm³/mol. The van der Waals surface area contributed by atoms with Gasteiger partial charge in [-0.2, -0.15) is 5.10 Å². The molecule has 5 nitrogen and oxygen atoms in total. The van der Waals surface area contributed by atoms with Crippen LogP contribution >= 0.6 is 0 Å². The van der Waals surface area contributed by atoms with Gasteiger partial charge in [0.05, 0.1) is 6.21 Å². The molecule has 0 aromatic heterocycles. The molecule has 0 heterocycles. The molecule has 2 aromatic rings. The number of hydrogen-bond donors (Lipinski definition) is 1. The monoisotopic (exact) mass is 381 g/mol. The molecule has 0 radical (unpaired) electrons. The summed E-state index contributed by atoms with van der Waals surface area (Å²) >= 11 is 0. The third-order valence-electron chi connectivity index (χ3n) is 4.54. The molecule has 0 aliphatic carbocycles. The Balaban J connectivity index is 1.75. The van der Waals surface area contributed by atoms with Crippen LogP contribution in [-0.4, -0.2) is 31.8 Å². The maximum absolute atomic E-state index is 11.9. The van der Waals surface area contributed by atoms with Gasteiger partial charge in [0.15, 0.2) is 6.61 Å². The van der Waals surface area contributed by atoms with Crippen LogP contribution in [0.3, 0.4) is 0 Å². The summed E-state index contributed by atoms with van der Waals surface area (Å²) < 4.78 is 5.51. The molecule has 0 atom stereocenters. The lowest BCUT2D eigenvalue weighted by atomic mass is 10.1. The molecule has 2 rings (SSSR count). The van der Waals surface area contributed by atoms with Gasteiger partial charge in [-0.05, 0) is 62.1 Å². The van der Waals surface area contributed by atoms with E-state index in [1.165, 1.54) is 24.1 Å². The van der Waals surface area contributed by atoms with E-state index in [4.69, 9.17) is 4.74 Å². The van der Waals surface area contributed by atoms with E-state index < -0.39 is 0 Å². The van der Waals surface area contributed by atoms with E-state index in [2.05, 4.69) is 48.3 Å². The first-order chi connectivity index (χ1) is 13.7. The van der Waals surface area contributed by atoms with Gasteiger partial charge in [-0.1, -0.05) is 37.6 Å². The fourth-order valence-electron chi connectivity index (χ4n) is 2.85. The van der Waals surface area contributed by atoms with Gasteiger partial charge in [-0.15, -0.1) is 0 Å². The van der Waals surface area contributed by atoms with Crippen LogP contribution in [0, 0.1) is 0 Å². The average molecular weight is 382 g/mol. The molecule has 1 amide bonds. The van der Waals surface area contributed by atoms with Crippen LogP contribution < -0.4 is 15.1 Å². The number of ether oxygens (including phenoxy) is 1. The number of hydrazone groups is 1. The highest BCUT2D eigenvalue weighted by Crippen LogP contribution is 2.15. The van der Waals surface area contributed by atoms with Crippen molar-refractivity contribution in [1.29, 1.82) is 0 Å². The molecule has 0 fully saturated rings. The number of benzene rings is 2. The fourth-order valence-corrected chi connectivity index (χ4v) is 2.85. The number of aryl methyl sites for hydroxylation is 1. The van der Waals surface area contributed by atoms with E-state index in [0.717, 1.165) is 25.1 Å². The van der Waals surface area contributed by atoms with Gasteiger partial charge in [0.2, 0.25) is 0 Å². The van der Waals surface area contributed by atoms with Crippen molar-refractivity contribution < 1.29 is 9.53 Å². The van der Waals surface area contributed by atoms with Crippen LogP contribution in [-0.2, 0) is 11.2 Å². The Labute approximate surface area is 168 Å². The molecule has 0 saturated heterocycles. The molecular weight excluding hydrogens is 350 g/mol. The van der Waals surface area contributed by atoms with Crippen LogP contribution in [0.2, 0.25) is 0 Å². The number of nitrogens with one attached hydrogen (secondary N) is 1. The summed E-state index contributed by atoms with van der Waals surface area (Å²) in [5.74, 6) is 0.400. The Morgan fingerprint density at radius 1 is 1.04 bits per heavy atom. The van der Waals surface area contributed by atoms with Crippen molar-refractivity contribution in [3.05, 3.63) is 59.7 Å². The van der Waals surface area contributed by atoms with Crippen molar-refractivity contribution in [2.75, 3.05) is 24.6 Å². The summed E-state index contributed by atoms with van der Waals surface area (Å²) in [6.07, 6.45) is 5.06. The normalized spacial score (nSPS) is 10.8. The molecule has 0 aliphatic heterocycles. The first kappa shape index (κ1) is 21.5. The molecular formula is C23H31N3O2. The quantitative estimate of drug-likeness (QED) is 0.463. The third kappa shape index (κ3) is 7.06. The van der Waals surface area contributed by atoms with E-state index in [0.29, 0.717) is 5.75 Å². The zero-order valence-corrected chi connectivity index (χ0v) is 17.1. The molecule has 1 N–H and O–H groups in total. The minimum atomic E-state index is -0.286. The summed E-state index contributed by atoms with van der Waals surface area (Å²) in [4.78, 5) is 14.2. The number of nitrogens with zero attached hydrogens (tertiary/aromatic N) is 2. The third-order valence-corrected chi connectivity index (χ3v) is 4.54. The average Bonchev–Trinajstić information content (AvgIpc) is 2.73. The number of carbonyl (C=O) groups is 1. The largest absolute Gasteiger partial charge is 0.484 e. The second-order valence-electron chi connectivity index (χ2n) is 6.59. The first-order valence-electron chi connectivity index (χ1n) is 10.0. The number of rotatable bonds is 11. The van der Waals surface area contributed by atoms with Crippen molar-refractivity contribution in [1.82, 2.24) is 5.43 Å². The van der Waals surface area contributed by atoms with Crippen molar-refractivity contribution >= 4 is 17.8 Å². The topological polar surface area (TPSA) is 53.9 Å². The Bertz CT molecular complexity index is 735. The second-order valence-corrected chi connectivity index (χ2v) is 6.59. The molecule has 0 spiro atoms. The maximum Gasteiger partial charge on any atom is 0.277 e. The minimum Gasteiger partial charge on any atom is -0.484 e. The number of hydrogen-bond acceptors (Lipinski definition) is 4. The summed E-state index contributed by atoms with van der Waals surface area (Å²) in [5.41, 5.74) is 5.89. The molecule has 28 heavy (non-hydrogen) atoms. The summed E-state index contributed by atoms with van der Waals surface area (Å²) in [7, 11) is 0. The van der Waals surface area contributed by atoms with Crippen molar-refractivity contribution in [3.63, 3.8) is 0 Å². The van der Waals surface area contributed by atoms with Gasteiger partial charge in [0.1, 0.15) is 5.75 Å². The lowest BCUT2D eigenvalue weighted by Gasteiger charge is -2.20. The zero-order valence-electron chi connectivity index (χ0n) is 17.1. The Morgan fingerprint density at radius 3 is 2.32 bits per heavy atom. The highest BCUT2D eigenvalue weighted by molar-refractivity contribution is 5.83. The predicted octanol–water partition coefficient (Wildman–Crippen LogP) is 4.40. The standard InChI is InChI=1S/C23H31N3O2/c1-4-7-8-19-11-15-22(16-12-19)28-18-23(27)25-24-17-20-9-13-21(14-10-20)26(5-2)6-3/h9-17H,4-8,18H2,1-3H3,(H,25,27). The van der Waals surface area contributed by atoms with Gasteiger partial charge in [0, 0.05) is 18.8 Å². The smallest absolute Gasteiger partial charge is 0.277 e. The fraction of sp³-hybridized carbons (Fsp3) is 0.391. The van der Waals surface area contributed by atoms with E-state index in [1.54, 1.807) is 6.21 Å². The summed E-state index contributed by atoms with van der Waals surface area (Å²) in [5, 5.41) is 4.00. The second kappa shape index (κ2) is 11.8. The Kier molecular flexibility index (Phi) is 9.05. The highest BCUT2D eigenvalue weighted by Gasteiger charge is 2.03. The lowest BCUT2D eigenvalue weighted by Crippen LogP contribution is -2.24. The molecule has 5 heteroatoms. The number of unbranched alkanes of at least 4 members (excludes halogenated alkanes) is 1. The minimum absolute atomic E-state index is 0.0630. The van der Waals surface area contributed by atoms with E-state index >= 15 is 0 Å². The number of anilines is 1. The van der Waals surface area contributed by atoms with Gasteiger partial charge in [-0.3, -0.25) is 4.79 Å². The number of amides is 1. The number of carbonyl (C=O) groups excluding carboxylic acids is 1. The lowest BCUT2D eigenvalue weighted by molar-refractivity contribution is -0.123. The van der Waals surface area contributed by atoms with Gasteiger partial charge in [-0.25, -0.2) is 5.43 Å². The van der Waals surface area contributed by atoms with Crippen LogP contribution in [0.4, 0.5) is 5.69 Å². The van der Waals surface area contributed by atoms with E-state index in [1.807, 2.05) is 36.4 Å². The van der Waals surface area contributed by atoms with E-state index in [9.17, 15) is 4.79 Å². The highest BCUT2D eigenvalue weighted by atomic mass is 16.5. The summed E-state index contributed by atoms with van der Waals surface area (Å²) in [6.45, 7) is 8.34. The molecule has 0 bridgehead atoms. The molecule has 2 aromatic carbocycles. The Hall–Kier alpha value is -2.82. The van der Waals surface area contributed by atoms with Crippen molar-refractivity contribution in [3.8, 4) is 5.75 Å². The van der Waals surface area contributed by atoms with Crippen LogP contribution in [0.1, 0.15) is 44.7 Å². The SMILES string of the molecule is CCCCc1ccc(OCC(=O)NN=Cc2ccc(N(CC)CC)cc2)cc1. The van der Waals surface area contributed by atoms with Gasteiger partial charge < -0.3 is 9.64 Å². The van der Waals surface area contributed by atoms with Crippen molar-refractivity contribution in [2.24, 2.45) is 5.10 Å². The summed E-state index contributed by atoms with van der Waals surface area (Å²) in [6, 6.07) is 16.0. The van der Waals surface area contributed by atoms with Crippen LogP contribution in [0.25, 0.3) is 0 Å². The van der Waals surface area contributed by atoms with E-state index in [-0.39, 0.29) is 12.5 Å². The zero-order chi connectivity index (χ0) is 20.2. The maximum atomic E-state index is 11.9. The first-order valence-corrected chi connectivity index (χ1v) is 10.0. The van der Waals surface area contributed by atoms with Gasteiger partial charge >= 0.3 is 0 Å². The van der Waals surface area contributed by atoms with Crippen molar-refractivity contribution in [2.45, 2.75) is 40.0 Å². The Morgan fingerprint density at radius 2 is 1.71 bits per heavy atom. The van der Waals surface area contributed by atoms with Crippen LogP contribution in [0.15, 0.2) is 53.6 Å².